The average Bonchev–Trinajstić information content (AvgIpc) is 2.80. The van der Waals surface area contributed by atoms with Gasteiger partial charge in [-0.15, -0.1) is 0 Å². The molecule has 32 heavy (non-hydrogen) atoms. The number of para-hydroxylation sites is 2. The molecule has 0 radical (unpaired) electrons. The van der Waals surface area contributed by atoms with Crippen LogP contribution in [0, 0.1) is 0 Å². The molecule has 3 N–H and O–H groups in total. The number of benzene rings is 2. The Labute approximate surface area is 183 Å². The van der Waals surface area contributed by atoms with Gasteiger partial charge in [-0.25, -0.2) is 4.98 Å². The van der Waals surface area contributed by atoms with E-state index in [2.05, 4.69) is 15.2 Å². The number of carbonyl (C=O) groups is 1. The molecule has 3 aromatic rings. The lowest BCUT2D eigenvalue weighted by molar-refractivity contribution is -0.137. The maximum Gasteiger partial charge on any atom is 0.417 e. The van der Waals surface area contributed by atoms with Gasteiger partial charge in [0.2, 0.25) is 0 Å². The Morgan fingerprint density at radius 2 is 1.56 bits per heavy atom. The van der Waals surface area contributed by atoms with Crippen molar-refractivity contribution in [3.05, 3.63) is 78.0 Å². The number of pyridine rings is 1. The molecule has 0 bridgehead atoms. The molecule has 0 saturated carbocycles. The summed E-state index contributed by atoms with van der Waals surface area (Å²) in [7, 11) is 0. The maximum absolute atomic E-state index is 12.7. The molecule has 0 spiro atoms. The first-order valence-corrected chi connectivity index (χ1v) is 10.1. The number of carbonyl (C=O) groups excluding carboxylic acids is 1. The number of piperazine rings is 1. The van der Waals surface area contributed by atoms with E-state index in [9.17, 15) is 18.0 Å². The molecule has 6 nitrogen and oxygen atoms in total. The van der Waals surface area contributed by atoms with E-state index in [-0.39, 0.29) is 5.91 Å². The van der Waals surface area contributed by atoms with E-state index < -0.39 is 11.7 Å². The van der Waals surface area contributed by atoms with Gasteiger partial charge in [0.1, 0.15) is 5.82 Å². The Bertz CT molecular complexity index is 1080. The summed E-state index contributed by atoms with van der Waals surface area (Å²) in [5, 5.41) is 2.80. The van der Waals surface area contributed by atoms with Crippen LogP contribution in [0.2, 0.25) is 0 Å². The topological polar surface area (TPSA) is 74.5 Å². The molecular weight excluding hydrogens is 419 g/mol. The summed E-state index contributed by atoms with van der Waals surface area (Å²) in [6.07, 6.45) is -3.52. The highest BCUT2D eigenvalue weighted by Gasteiger charge is 2.31. The van der Waals surface area contributed by atoms with Gasteiger partial charge >= 0.3 is 6.18 Å². The van der Waals surface area contributed by atoms with Crippen molar-refractivity contribution in [2.24, 2.45) is 0 Å². The molecule has 0 aliphatic carbocycles. The molecule has 9 heteroatoms. The van der Waals surface area contributed by atoms with Gasteiger partial charge in [0, 0.05) is 43.6 Å². The van der Waals surface area contributed by atoms with Gasteiger partial charge in [0.25, 0.3) is 5.91 Å². The van der Waals surface area contributed by atoms with E-state index in [4.69, 9.17) is 5.73 Å². The molecule has 1 saturated heterocycles. The number of anilines is 4. The molecule has 1 aliphatic heterocycles. The normalized spacial score (nSPS) is 14.3. The Kier molecular flexibility index (Phi) is 5.89. The lowest BCUT2D eigenvalue weighted by Crippen LogP contribution is -2.46. The number of nitrogen functional groups attached to an aromatic ring is 1. The molecular formula is C23H22F3N5O. The van der Waals surface area contributed by atoms with Crippen molar-refractivity contribution in [3.8, 4) is 0 Å². The molecule has 1 amide bonds. The molecule has 4 rings (SSSR count). The smallest absolute Gasteiger partial charge is 0.397 e. The highest BCUT2D eigenvalue weighted by molar-refractivity contribution is 6.05. The van der Waals surface area contributed by atoms with Crippen LogP contribution in [0.5, 0.6) is 0 Å². The van der Waals surface area contributed by atoms with Crippen LogP contribution in [0.3, 0.4) is 0 Å². The Hall–Kier alpha value is -3.75. The first-order valence-electron chi connectivity index (χ1n) is 10.1. The van der Waals surface area contributed by atoms with Crippen LogP contribution in [-0.4, -0.2) is 37.1 Å². The van der Waals surface area contributed by atoms with E-state index in [1.807, 2.05) is 17.0 Å². The summed E-state index contributed by atoms with van der Waals surface area (Å²) in [5.41, 5.74) is 7.67. The van der Waals surface area contributed by atoms with Crippen molar-refractivity contribution in [1.29, 1.82) is 0 Å². The Morgan fingerprint density at radius 3 is 2.16 bits per heavy atom. The molecule has 0 unspecified atom stereocenters. The van der Waals surface area contributed by atoms with Gasteiger partial charge in [0.15, 0.2) is 0 Å². The second-order valence-electron chi connectivity index (χ2n) is 7.47. The lowest BCUT2D eigenvalue weighted by atomic mass is 10.1. The predicted octanol–water partition coefficient (Wildman–Crippen LogP) is 4.26. The van der Waals surface area contributed by atoms with Crippen LogP contribution in [0.15, 0.2) is 66.9 Å². The number of nitrogens with one attached hydrogen (secondary N) is 1. The van der Waals surface area contributed by atoms with Crippen molar-refractivity contribution < 1.29 is 18.0 Å². The number of nitrogens with two attached hydrogens (primary N) is 1. The second-order valence-corrected chi connectivity index (χ2v) is 7.47. The fraction of sp³-hybridized carbons (Fsp3) is 0.217. The largest absolute Gasteiger partial charge is 0.417 e. The minimum atomic E-state index is -4.39. The van der Waals surface area contributed by atoms with Crippen LogP contribution in [-0.2, 0) is 6.18 Å². The highest BCUT2D eigenvalue weighted by atomic mass is 19.4. The van der Waals surface area contributed by atoms with Crippen LogP contribution in [0.4, 0.5) is 36.1 Å². The average molecular weight is 441 g/mol. The SMILES string of the molecule is Nc1ccccc1NC(=O)c1ccc(N2CCN(c3ccc(C(F)(F)F)cn3)CC2)cc1. The van der Waals surface area contributed by atoms with E-state index in [0.717, 1.165) is 18.0 Å². The summed E-state index contributed by atoms with van der Waals surface area (Å²) < 4.78 is 38.1. The maximum atomic E-state index is 12.7. The van der Waals surface area contributed by atoms with Gasteiger partial charge in [-0.2, -0.15) is 13.2 Å². The first-order chi connectivity index (χ1) is 15.3. The monoisotopic (exact) mass is 441 g/mol. The Balaban J connectivity index is 1.35. The number of amides is 1. The summed E-state index contributed by atoms with van der Waals surface area (Å²) in [4.78, 5) is 20.6. The molecule has 1 aliphatic rings. The zero-order valence-electron chi connectivity index (χ0n) is 17.1. The minimum absolute atomic E-state index is 0.243. The van der Waals surface area contributed by atoms with Crippen molar-refractivity contribution in [3.63, 3.8) is 0 Å². The predicted molar refractivity (Wildman–Crippen MR) is 119 cm³/mol. The van der Waals surface area contributed by atoms with Crippen molar-refractivity contribution >= 4 is 28.8 Å². The van der Waals surface area contributed by atoms with Crippen molar-refractivity contribution in [1.82, 2.24) is 4.98 Å². The third kappa shape index (κ3) is 4.77. The molecule has 1 fully saturated rings. The summed E-state index contributed by atoms with van der Waals surface area (Å²) >= 11 is 0. The third-order valence-electron chi connectivity index (χ3n) is 5.38. The van der Waals surface area contributed by atoms with E-state index >= 15 is 0 Å². The second kappa shape index (κ2) is 8.78. The fourth-order valence-electron chi connectivity index (χ4n) is 3.56. The first kappa shape index (κ1) is 21.5. The van der Waals surface area contributed by atoms with Crippen LogP contribution in [0.1, 0.15) is 15.9 Å². The zero-order chi connectivity index (χ0) is 22.7. The van der Waals surface area contributed by atoms with E-state index in [0.29, 0.717) is 48.9 Å². The number of hydrogen-bond donors (Lipinski definition) is 2. The molecule has 1 aromatic heterocycles. The summed E-state index contributed by atoms with van der Waals surface area (Å²) in [5.74, 6) is 0.289. The van der Waals surface area contributed by atoms with Gasteiger partial charge in [-0.1, -0.05) is 12.1 Å². The number of halogens is 3. The van der Waals surface area contributed by atoms with Gasteiger partial charge in [-0.3, -0.25) is 4.79 Å². The van der Waals surface area contributed by atoms with Gasteiger partial charge in [0.05, 0.1) is 16.9 Å². The standard InChI is InChI=1S/C23H22F3N5O/c24-23(25,26)17-7-10-21(28-15-17)31-13-11-30(12-14-31)18-8-5-16(6-9-18)22(32)29-20-4-2-1-3-19(20)27/h1-10,15H,11-14,27H2,(H,29,32). The molecule has 166 valence electrons. The van der Waals surface area contributed by atoms with E-state index in [1.165, 1.54) is 6.07 Å². The zero-order valence-corrected chi connectivity index (χ0v) is 17.1. The molecule has 2 aromatic carbocycles. The number of hydrogen-bond acceptors (Lipinski definition) is 5. The van der Waals surface area contributed by atoms with Gasteiger partial charge in [-0.05, 0) is 48.5 Å². The van der Waals surface area contributed by atoms with Crippen molar-refractivity contribution in [2.45, 2.75) is 6.18 Å². The number of nitrogens with zero attached hydrogens (tertiary/aromatic N) is 3. The summed E-state index contributed by atoms with van der Waals surface area (Å²) in [6, 6.07) is 16.8. The summed E-state index contributed by atoms with van der Waals surface area (Å²) in [6.45, 7) is 2.64. The van der Waals surface area contributed by atoms with Crippen LogP contribution < -0.4 is 20.9 Å². The van der Waals surface area contributed by atoms with Gasteiger partial charge < -0.3 is 20.9 Å². The number of rotatable bonds is 4. The number of alkyl halides is 3. The fourth-order valence-corrected chi connectivity index (χ4v) is 3.56. The molecule has 0 atom stereocenters. The lowest BCUT2D eigenvalue weighted by Gasteiger charge is -2.36. The third-order valence-corrected chi connectivity index (χ3v) is 5.38. The molecule has 2 heterocycles. The minimum Gasteiger partial charge on any atom is -0.397 e. The Morgan fingerprint density at radius 1 is 0.906 bits per heavy atom. The van der Waals surface area contributed by atoms with Crippen molar-refractivity contribution in [2.75, 3.05) is 47.0 Å². The van der Waals surface area contributed by atoms with Crippen LogP contribution >= 0.6 is 0 Å². The number of aromatic nitrogens is 1. The quantitative estimate of drug-likeness (QED) is 0.592. The van der Waals surface area contributed by atoms with E-state index in [1.54, 1.807) is 36.4 Å². The highest BCUT2D eigenvalue weighted by Crippen LogP contribution is 2.29. The van der Waals surface area contributed by atoms with Crippen LogP contribution in [0.25, 0.3) is 0 Å².